The normalized spacial score (nSPS) is 17.3. The average Bonchev–Trinajstić information content (AvgIpc) is 2.91. The average molecular weight is 285 g/mol. The molecule has 0 bridgehead atoms. The zero-order valence-electron chi connectivity index (χ0n) is 11.3. The van der Waals surface area contributed by atoms with Gasteiger partial charge in [0.25, 0.3) is 5.56 Å². The Morgan fingerprint density at radius 1 is 1.38 bits per heavy atom. The van der Waals surface area contributed by atoms with Gasteiger partial charge in [-0.05, 0) is 23.8 Å². The number of nitrogens with two attached hydrogens (primary N) is 1. The van der Waals surface area contributed by atoms with Gasteiger partial charge in [-0.25, -0.2) is 0 Å². The van der Waals surface area contributed by atoms with Crippen LogP contribution >= 0.6 is 0 Å². The van der Waals surface area contributed by atoms with Gasteiger partial charge in [0.2, 0.25) is 0 Å². The van der Waals surface area contributed by atoms with Gasteiger partial charge in [0.05, 0.1) is 12.1 Å². The number of oxime groups is 1. The molecular formula is C15H15N3O3. The Bertz CT molecular complexity index is 727. The lowest BCUT2D eigenvalue weighted by Gasteiger charge is -2.13. The standard InChI is InChI=1S/C15H15N3O3/c16-14(17-20)12-5-3-7-18(15(12)19)9-11-8-10-4-1-2-6-13(10)21-11/h1-7,11,20H,8-9H2,(H2,16,17). The van der Waals surface area contributed by atoms with E-state index in [2.05, 4.69) is 5.16 Å². The number of ether oxygens (including phenoxy) is 1. The second kappa shape index (κ2) is 5.32. The first kappa shape index (κ1) is 13.2. The van der Waals surface area contributed by atoms with Crippen molar-refractivity contribution in [2.24, 2.45) is 10.9 Å². The molecule has 6 nitrogen and oxygen atoms in total. The molecule has 0 saturated heterocycles. The molecule has 1 aliphatic heterocycles. The van der Waals surface area contributed by atoms with Crippen LogP contribution in [0.25, 0.3) is 0 Å². The predicted octanol–water partition coefficient (Wildman–Crippen LogP) is 0.946. The van der Waals surface area contributed by atoms with Crippen LogP contribution in [0.3, 0.4) is 0 Å². The highest BCUT2D eigenvalue weighted by molar-refractivity contribution is 5.96. The van der Waals surface area contributed by atoms with E-state index in [9.17, 15) is 4.79 Å². The maximum absolute atomic E-state index is 12.3. The molecule has 0 aliphatic carbocycles. The predicted molar refractivity (Wildman–Crippen MR) is 77.8 cm³/mol. The number of para-hydroxylation sites is 1. The van der Waals surface area contributed by atoms with E-state index in [1.807, 2.05) is 24.3 Å². The Labute approximate surface area is 121 Å². The van der Waals surface area contributed by atoms with Gasteiger partial charge in [0.15, 0.2) is 5.84 Å². The first-order valence-electron chi connectivity index (χ1n) is 6.61. The second-order valence-corrected chi connectivity index (χ2v) is 4.92. The van der Waals surface area contributed by atoms with Crippen LogP contribution in [0.2, 0.25) is 0 Å². The van der Waals surface area contributed by atoms with E-state index in [0.29, 0.717) is 6.54 Å². The lowest BCUT2D eigenvalue weighted by Crippen LogP contribution is -2.33. The quantitative estimate of drug-likeness (QED) is 0.380. The number of pyridine rings is 1. The molecule has 0 radical (unpaired) electrons. The van der Waals surface area contributed by atoms with Gasteiger partial charge < -0.3 is 20.2 Å². The minimum absolute atomic E-state index is 0.0948. The van der Waals surface area contributed by atoms with Crippen LogP contribution in [0.4, 0.5) is 0 Å². The Hall–Kier alpha value is -2.76. The molecule has 0 fully saturated rings. The molecule has 1 aromatic carbocycles. The summed E-state index contributed by atoms with van der Waals surface area (Å²) in [5.41, 5.74) is 6.52. The smallest absolute Gasteiger partial charge is 0.261 e. The summed E-state index contributed by atoms with van der Waals surface area (Å²) in [6.45, 7) is 0.417. The molecule has 2 heterocycles. The topological polar surface area (TPSA) is 89.8 Å². The van der Waals surface area contributed by atoms with Gasteiger partial charge in [0, 0.05) is 12.6 Å². The van der Waals surface area contributed by atoms with Crippen molar-refractivity contribution in [3.63, 3.8) is 0 Å². The van der Waals surface area contributed by atoms with Crippen molar-refractivity contribution in [2.75, 3.05) is 0 Å². The largest absolute Gasteiger partial charge is 0.488 e. The summed E-state index contributed by atoms with van der Waals surface area (Å²) in [7, 11) is 0. The molecular weight excluding hydrogens is 270 g/mol. The number of amidine groups is 1. The Morgan fingerprint density at radius 3 is 2.95 bits per heavy atom. The number of rotatable bonds is 3. The molecule has 1 aromatic heterocycles. The van der Waals surface area contributed by atoms with Crippen LogP contribution in [0, 0.1) is 0 Å². The third-order valence-electron chi connectivity index (χ3n) is 3.52. The Balaban J connectivity index is 1.83. The minimum atomic E-state index is -0.299. The van der Waals surface area contributed by atoms with Gasteiger partial charge in [-0.1, -0.05) is 23.4 Å². The number of aromatic nitrogens is 1. The van der Waals surface area contributed by atoms with Crippen molar-refractivity contribution in [2.45, 2.75) is 19.1 Å². The SMILES string of the molecule is N/C(=N/O)c1cccn(CC2Cc3ccccc3O2)c1=O. The van der Waals surface area contributed by atoms with Crippen molar-refractivity contribution in [3.05, 3.63) is 64.1 Å². The summed E-state index contributed by atoms with van der Waals surface area (Å²) in [6, 6.07) is 11.0. The molecule has 6 heteroatoms. The summed E-state index contributed by atoms with van der Waals surface area (Å²) in [5, 5.41) is 11.6. The summed E-state index contributed by atoms with van der Waals surface area (Å²) in [6.07, 6.45) is 2.34. The van der Waals surface area contributed by atoms with Gasteiger partial charge in [-0.2, -0.15) is 0 Å². The lowest BCUT2D eigenvalue weighted by atomic mass is 10.1. The minimum Gasteiger partial charge on any atom is -0.488 e. The van der Waals surface area contributed by atoms with E-state index in [1.54, 1.807) is 12.3 Å². The van der Waals surface area contributed by atoms with Crippen LogP contribution in [0.1, 0.15) is 11.1 Å². The van der Waals surface area contributed by atoms with Crippen molar-refractivity contribution in [3.8, 4) is 5.75 Å². The number of fused-ring (bicyclic) bond motifs is 1. The van der Waals surface area contributed by atoms with Crippen molar-refractivity contribution in [1.29, 1.82) is 0 Å². The molecule has 0 spiro atoms. The molecule has 1 atom stereocenters. The number of benzene rings is 1. The fourth-order valence-corrected chi connectivity index (χ4v) is 2.50. The summed E-state index contributed by atoms with van der Waals surface area (Å²) in [5.74, 6) is 0.674. The van der Waals surface area contributed by atoms with Gasteiger partial charge >= 0.3 is 0 Å². The van der Waals surface area contributed by atoms with Crippen LogP contribution in [-0.2, 0) is 13.0 Å². The van der Waals surface area contributed by atoms with Crippen molar-refractivity contribution >= 4 is 5.84 Å². The highest BCUT2D eigenvalue weighted by Gasteiger charge is 2.23. The number of hydrogen-bond acceptors (Lipinski definition) is 4. The maximum Gasteiger partial charge on any atom is 0.261 e. The van der Waals surface area contributed by atoms with E-state index >= 15 is 0 Å². The third-order valence-corrected chi connectivity index (χ3v) is 3.52. The summed E-state index contributed by atoms with van der Waals surface area (Å²) in [4.78, 5) is 12.3. The first-order valence-corrected chi connectivity index (χ1v) is 6.61. The molecule has 0 amide bonds. The number of hydrogen-bond donors (Lipinski definition) is 2. The fourth-order valence-electron chi connectivity index (χ4n) is 2.50. The monoisotopic (exact) mass is 285 g/mol. The summed E-state index contributed by atoms with van der Waals surface area (Å²) < 4.78 is 7.34. The highest BCUT2D eigenvalue weighted by Crippen LogP contribution is 2.28. The Morgan fingerprint density at radius 2 is 2.19 bits per heavy atom. The third kappa shape index (κ3) is 2.47. The first-order chi connectivity index (χ1) is 10.2. The van der Waals surface area contributed by atoms with E-state index in [0.717, 1.165) is 17.7 Å². The van der Waals surface area contributed by atoms with E-state index in [4.69, 9.17) is 15.7 Å². The molecule has 1 aliphatic rings. The van der Waals surface area contributed by atoms with Gasteiger partial charge in [-0.15, -0.1) is 0 Å². The van der Waals surface area contributed by atoms with E-state index < -0.39 is 0 Å². The Kier molecular flexibility index (Phi) is 3.35. The van der Waals surface area contributed by atoms with Crippen LogP contribution < -0.4 is 16.0 Å². The maximum atomic E-state index is 12.3. The zero-order valence-corrected chi connectivity index (χ0v) is 11.3. The highest BCUT2D eigenvalue weighted by atomic mass is 16.5. The molecule has 3 rings (SSSR count). The molecule has 0 saturated carbocycles. The molecule has 108 valence electrons. The summed E-state index contributed by atoms with van der Waals surface area (Å²) >= 11 is 0. The number of nitrogens with zero attached hydrogens (tertiary/aromatic N) is 2. The fraction of sp³-hybridized carbons (Fsp3) is 0.200. The molecule has 2 aromatic rings. The van der Waals surface area contributed by atoms with E-state index in [-0.39, 0.29) is 23.1 Å². The van der Waals surface area contributed by atoms with Crippen LogP contribution in [-0.4, -0.2) is 21.7 Å². The van der Waals surface area contributed by atoms with Gasteiger partial charge in [0.1, 0.15) is 11.9 Å². The van der Waals surface area contributed by atoms with Crippen molar-refractivity contribution in [1.82, 2.24) is 4.57 Å². The zero-order chi connectivity index (χ0) is 14.8. The second-order valence-electron chi connectivity index (χ2n) is 4.92. The lowest BCUT2D eigenvalue weighted by molar-refractivity contribution is 0.207. The molecule has 1 unspecified atom stereocenters. The van der Waals surface area contributed by atoms with E-state index in [1.165, 1.54) is 10.6 Å². The molecule has 21 heavy (non-hydrogen) atoms. The van der Waals surface area contributed by atoms with Crippen LogP contribution in [0.5, 0.6) is 5.75 Å². The van der Waals surface area contributed by atoms with Crippen molar-refractivity contribution < 1.29 is 9.94 Å². The van der Waals surface area contributed by atoms with Gasteiger partial charge in [-0.3, -0.25) is 4.79 Å². The van der Waals surface area contributed by atoms with Crippen LogP contribution in [0.15, 0.2) is 52.5 Å². The molecule has 3 N–H and O–H groups in total.